The third kappa shape index (κ3) is 6.43. The number of methoxy groups -OCH3 is 1. The number of carbonyl (C=O) groups excluding carboxylic acids is 1. The average molecular weight is 373 g/mol. The van der Waals surface area contributed by atoms with E-state index in [1.165, 1.54) is 6.21 Å². The van der Waals surface area contributed by atoms with Crippen molar-refractivity contribution >= 4 is 12.2 Å². The number of amides is 2. The summed E-state index contributed by atoms with van der Waals surface area (Å²) in [6.45, 7) is 3.03. The Hall–Kier alpha value is -3.42. The van der Waals surface area contributed by atoms with Gasteiger partial charge in [0, 0.05) is 0 Å². The van der Waals surface area contributed by atoms with Crippen LogP contribution in [0.3, 0.4) is 0 Å². The van der Waals surface area contributed by atoms with Crippen LogP contribution in [0.15, 0.2) is 47.6 Å². The molecule has 0 aliphatic carbocycles. The largest absolute Gasteiger partial charge is 0.493 e. The molecule has 0 saturated carbocycles. The molecule has 0 aromatic heterocycles. The Morgan fingerprint density at radius 3 is 2.33 bits per heavy atom. The van der Waals surface area contributed by atoms with Crippen molar-refractivity contribution in [3.63, 3.8) is 0 Å². The van der Waals surface area contributed by atoms with E-state index in [0.717, 1.165) is 5.56 Å². The lowest BCUT2D eigenvalue weighted by Gasteiger charge is -2.14. The molecule has 0 atom stereocenters. The average Bonchev–Trinajstić information content (AvgIpc) is 2.67. The molecule has 3 N–H and O–H groups in total. The van der Waals surface area contributed by atoms with Gasteiger partial charge in [-0.2, -0.15) is 5.10 Å². The summed E-state index contributed by atoms with van der Waals surface area (Å²) in [6, 6.07) is 12.0. The first-order valence-electron chi connectivity index (χ1n) is 8.38. The Morgan fingerprint density at radius 2 is 1.70 bits per heavy atom. The maximum atomic E-state index is 10.6. The Balaban J connectivity index is 1.94. The van der Waals surface area contributed by atoms with Crippen molar-refractivity contribution < 1.29 is 23.7 Å². The molecular formula is C19H23N3O5. The number of urea groups is 1. The van der Waals surface area contributed by atoms with Gasteiger partial charge in [-0.1, -0.05) is 12.1 Å². The molecule has 27 heavy (non-hydrogen) atoms. The van der Waals surface area contributed by atoms with Gasteiger partial charge < -0.3 is 24.7 Å². The van der Waals surface area contributed by atoms with Crippen LogP contribution in [0.1, 0.15) is 12.5 Å². The molecule has 2 amide bonds. The number of benzene rings is 2. The molecule has 0 heterocycles. The first-order chi connectivity index (χ1) is 13.1. The molecule has 0 aliphatic heterocycles. The second-order valence-corrected chi connectivity index (χ2v) is 5.22. The molecule has 2 aromatic rings. The number of primary amides is 1. The topological polar surface area (TPSA) is 104 Å². The number of ether oxygens (including phenoxy) is 4. The number of rotatable bonds is 10. The Morgan fingerprint density at radius 1 is 1.04 bits per heavy atom. The summed E-state index contributed by atoms with van der Waals surface area (Å²) in [6.07, 6.45) is 1.46. The van der Waals surface area contributed by atoms with E-state index in [1.54, 1.807) is 25.3 Å². The lowest BCUT2D eigenvalue weighted by molar-refractivity contribution is 0.203. The quantitative estimate of drug-likeness (QED) is 0.378. The lowest BCUT2D eigenvalue weighted by Crippen LogP contribution is -2.24. The second kappa shape index (κ2) is 10.5. The molecule has 0 unspecified atom stereocenters. The van der Waals surface area contributed by atoms with Crippen LogP contribution in [0.25, 0.3) is 0 Å². The van der Waals surface area contributed by atoms with Crippen LogP contribution in [0.5, 0.6) is 23.0 Å². The molecule has 0 bridgehead atoms. The number of hydrazone groups is 1. The highest BCUT2D eigenvalue weighted by atomic mass is 16.5. The number of nitrogens with two attached hydrogens (primary N) is 1. The van der Waals surface area contributed by atoms with Gasteiger partial charge in [-0.25, -0.2) is 10.2 Å². The van der Waals surface area contributed by atoms with Crippen molar-refractivity contribution in [3.05, 3.63) is 48.0 Å². The van der Waals surface area contributed by atoms with Crippen LogP contribution >= 0.6 is 0 Å². The minimum absolute atomic E-state index is 0.328. The van der Waals surface area contributed by atoms with Gasteiger partial charge in [0.1, 0.15) is 13.2 Å². The summed E-state index contributed by atoms with van der Waals surface area (Å²) in [5.74, 6) is 2.47. The van der Waals surface area contributed by atoms with Crippen LogP contribution < -0.4 is 30.1 Å². The smallest absolute Gasteiger partial charge is 0.332 e. The van der Waals surface area contributed by atoms with Crippen LogP contribution in [0, 0.1) is 0 Å². The fourth-order valence-electron chi connectivity index (χ4n) is 2.20. The van der Waals surface area contributed by atoms with Crippen LogP contribution in [-0.2, 0) is 0 Å². The van der Waals surface area contributed by atoms with E-state index in [1.807, 2.05) is 31.2 Å². The van der Waals surface area contributed by atoms with Gasteiger partial charge >= 0.3 is 6.03 Å². The van der Waals surface area contributed by atoms with Crippen molar-refractivity contribution in [2.24, 2.45) is 10.8 Å². The molecular weight excluding hydrogens is 350 g/mol. The zero-order valence-electron chi connectivity index (χ0n) is 15.3. The van der Waals surface area contributed by atoms with E-state index in [2.05, 4.69) is 10.5 Å². The van der Waals surface area contributed by atoms with E-state index in [-0.39, 0.29) is 0 Å². The number of hydrogen-bond acceptors (Lipinski definition) is 6. The lowest BCUT2D eigenvalue weighted by atomic mass is 10.2. The van der Waals surface area contributed by atoms with Gasteiger partial charge in [0.15, 0.2) is 23.0 Å². The number of carbonyl (C=O) groups is 1. The SMILES string of the molecule is CCOc1cc(C=NNC(N)=O)ccc1OCCOc1ccccc1OC. The van der Waals surface area contributed by atoms with Crippen LogP contribution in [0.4, 0.5) is 4.79 Å². The summed E-state index contributed by atoms with van der Waals surface area (Å²) in [7, 11) is 1.59. The maximum absolute atomic E-state index is 10.6. The zero-order chi connectivity index (χ0) is 19.5. The monoisotopic (exact) mass is 373 g/mol. The first-order valence-corrected chi connectivity index (χ1v) is 8.38. The van der Waals surface area contributed by atoms with Gasteiger partial charge in [0.25, 0.3) is 0 Å². The predicted octanol–water partition coefficient (Wildman–Crippen LogP) is 2.55. The summed E-state index contributed by atoms with van der Waals surface area (Å²) < 4.78 is 22.3. The molecule has 8 heteroatoms. The van der Waals surface area contributed by atoms with Crippen molar-refractivity contribution in [2.75, 3.05) is 26.9 Å². The summed E-state index contributed by atoms with van der Waals surface area (Å²) in [5, 5.41) is 3.72. The van der Waals surface area contributed by atoms with Crippen LogP contribution in [0.2, 0.25) is 0 Å². The first kappa shape index (κ1) is 19.9. The maximum Gasteiger partial charge on any atom is 0.332 e. The summed E-state index contributed by atoms with van der Waals surface area (Å²) in [5.41, 5.74) is 7.82. The molecule has 2 rings (SSSR count). The normalized spacial score (nSPS) is 10.4. The predicted molar refractivity (Wildman–Crippen MR) is 102 cm³/mol. The number of nitrogens with zero attached hydrogens (tertiary/aromatic N) is 1. The van der Waals surface area contributed by atoms with Crippen molar-refractivity contribution in [1.82, 2.24) is 5.43 Å². The Labute approximate surface area is 157 Å². The Bertz CT molecular complexity index is 780. The highest BCUT2D eigenvalue weighted by Gasteiger charge is 2.07. The zero-order valence-corrected chi connectivity index (χ0v) is 15.3. The van der Waals surface area contributed by atoms with Gasteiger partial charge in [-0.3, -0.25) is 0 Å². The fourth-order valence-corrected chi connectivity index (χ4v) is 2.20. The third-order valence-electron chi connectivity index (χ3n) is 3.32. The minimum atomic E-state index is -0.730. The minimum Gasteiger partial charge on any atom is -0.493 e. The van der Waals surface area contributed by atoms with E-state index >= 15 is 0 Å². The highest BCUT2D eigenvalue weighted by Crippen LogP contribution is 2.29. The number of para-hydroxylation sites is 2. The van der Waals surface area contributed by atoms with E-state index in [0.29, 0.717) is 42.8 Å². The van der Waals surface area contributed by atoms with Gasteiger partial charge in [0.2, 0.25) is 0 Å². The number of nitrogens with one attached hydrogen (secondary N) is 1. The van der Waals surface area contributed by atoms with Gasteiger partial charge in [0.05, 0.1) is 19.9 Å². The van der Waals surface area contributed by atoms with E-state index in [9.17, 15) is 4.79 Å². The molecule has 8 nitrogen and oxygen atoms in total. The second-order valence-electron chi connectivity index (χ2n) is 5.22. The number of hydrogen-bond donors (Lipinski definition) is 2. The van der Waals surface area contributed by atoms with Crippen molar-refractivity contribution in [3.8, 4) is 23.0 Å². The molecule has 0 radical (unpaired) electrons. The van der Waals surface area contributed by atoms with Crippen molar-refractivity contribution in [2.45, 2.75) is 6.92 Å². The molecule has 0 saturated heterocycles. The van der Waals surface area contributed by atoms with E-state index in [4.69, 9.17) is 24.7 Å². The van der Waals surface area contributed by atoms with Gasteiger partial charge in [-0.05, 0) is 42.8 Å². The summed E-state index contributed by atoms with van der Waals surface area (Å²) >= 11 is 0. The van der Waals surface area contributed by atoms with Gasteiger partial charge in [-0.15, -0.1) is 0 Å². The van der Waals surface area contributed by atoms with Crippen molar-refractivity contribution in [1.29, 1.82) is 0 Å². The molecule has 0 spiro atoms. The third-order valence-corrected chi connectivity index (χ3v) is 3.32. The molecule has 0 aliphatic rings. The highest BCUT2D eigenvalue weighted by molar-refractivity contribution is 5.82. The summed E-state index contributed by atoms with van der Waals surface area (Å²) in [4.78, 5) is 10.6. The molecule has 0 fully saturated rings. The Kier molecular flexibility index (Phi) is 7.77. The fraction of sp³-hybridized carbons (Fsp3) is 0.263. The van der Waals surface area contributed by atoms with Crippen LogP contribution in [-0.4, -0.2) is 39.2 Å². The molecule has 2 aromatic carbocycles. The van der Waals surface area contributed by atoms with E-state index < -0.39 is 6.03 Å². The standard InChI is InChI=1S/C19H23N3O5/c1-3-25-18-12-14(13-21-22-19(20)23)8-9-17(18)27-11-10-26-16-7-5-4-6-15(16)24-2/h4-9,12-13H,3,10-11H2,1-2H3,(H3,20,22,23). The molecule has 144 valence electrons.